The first-order valence-corrected chi connectivity index (χ1v) is 13.3. The lowest BCUT2D eigenvalue weighted by Crippen LogP contribution is -2.49. The van der Waals surface area contributed by atoms with Crippen LogP contribution < -0.4 is 5.32 Å². The lowest BCUT2D eigenvalue weighted by Gasteiger charge is -2.31. The van der Waals surface area contributed by atoms with E-state index in [1.54, 1.807) is 23.7 Å². The van der Waals surface area contributed by atoms with Crippen molar-refractivity contribution in [3.8, 4) is 0 Å². The summed E-state index contributed by atoms with van der Waals surface area (Å²) in [5.74, 6) is 0.616. The van der Waals surface area contributed by atoms with E-state index in [1.807, 2.05) is 78.9 Å². The van der Waals surface area contributed by atoms with Gasteiger partial charge in [0.2, 0.25) is 11.8 Å². The second-order valence-corrected chi connectivity index (χ2v) is 10.4. The van der Waals surface area contributed by atoms with E-state index in [4.69, 9.17) is 11.6 Å². The van der Waals surface area contributed by atoms with E-state index in [0.717, 1.165) is 26.2 Å². The van der Waals surface area contributed by atoms with Crippen molar-refractivity contribution in [3.63, 3.8) is 0 Å². The Morgan fingerprint density at radius 1 is 1.00 bits per heavy atom. The molecular weight excluding hydrogens is 532 g/mol. The number of benzene rings is 3. The van der Waals surface area contributed by atoms with Gasteiger partial charge < -0.3 is 10.2 Å². The van der Waals surface area contributed by atoms with Gasteiger partial charge in [-0.05, 0) is 59.7 Å². The summed E-state index contributed by atoms with van der Waals surface area (Å²) in [6.07, 6.45) is 1.55. The number of likely N-dealkylation sites (N-methyl/N-ethyl adjacent to an activating group) is 1. The molecule has 178 valence electrons. The second-order valence-electron chi connectivity index (χ2n) is 7.88. The molecule has 4 nitrogen and oxygen atoms in total. The Balaban J connectivity index is 1.74. The van der Waals surface area contributed by atoms with Crippen molar-refractivity contribution in [2.75, 3.05) is 12.8 Å². The van der Waals surface area contributed by atoms with E-state index in [-0.39, 0.29) is 11.8 Å². The molecule has 0 aliphatic carbocycles. The molecule has 0 unspecified atom stereocenters. The quantitative estimate of drug-likeness (QED) is 0.220. The number of amides is 2. The van der Waals surface area contributed by atoms with Gasteiger partial charge in [-0.15, -0.1) is 11.8 Å². The fourth-order valence-corrected chi connectivity index (χ4v) is 5.07. The van der Waals surface area contributed by atoms with Gasteiger partial charge in [-0.1, -0.05) is 70.0 Å². The van der Waals surface area contributed by atoms with Crippen LogP contribution in [0.15, 0.2) is 88.2 Å². The number of thioether (sulfide) groups is 1. The summed E-state index contributed by atoms with van der Waals surface area (Å²) >= 11 is 11.2. The molecule has 0 aromatic heterocycles. The van der Waals surface area contributed by atoms with Gasteiger partial charge in [-0.2, -0.15) is 0 Å². The van der Waals surface area contributed by atoms with E-state index in [1.165, 1.54) is 0 Å². The van der Waals surface area contributed by atoms with Gasteiger partial charge in [0.05, 0.1) is 0 Å². The summed E-state index contributed by atoms with van der Waals surface area (Å²) < 4.78 is 0.941. The first-order chi connectivity index (χ1) is 16.5. The number of hydrogen-bond donors (Lipinski definition) is 1. The summed E-state index contributed by atoms with van der Waals surface area (Å²) in [6, 6.07) is 24.8. The number of hydrogen-bond acceptors (Lipinski definition) is 3. The Morgan fingerprint density at radius 2 is 1.71 bits per heavy atom. The SMILES string of the molecule is CNC(=O)[C@H](Cc1ccccc1)N(Cc1cccc(Br)c1)C(=O)CCCSc1ccc(Cl)cc1. The zero-order valence-electron chi connectivity index (χ0n) is 19.0. The number of nitrogens with one attached hydrogen (secondary N) is 1. The van der Waals surface area contributed by atoms with Gasteiger partial charge in [0, 0.05) is 40.8 Å². The van der Waals surface area contributed by atoms with Crippen molar-refractivity contribution in [3.05, 3.63) is 99.5 Å². The van der Waals surface area contributed by atoms with Crippen molar-refractivity contribution in [2.24, 2.45) is 0 Å². The van der Waals surface area contributed by atoms with Crippen molar-refractivity contribution in [1.29, 1.82) is 0 Å². The second kappa shape index (κ2) is 13.6. The molecule has 2 amide bonds. The molecule has 0 radical (unpaired) electrons. The monoisotopic (exact) mass is 558 g/mol. The highest BCUT2D eigenvalue weighted by atomic mass is 79.9. The molecule has 0 bridgehead atoms. The number of nitrogens with zero attached hydrogens (tertiary/aromatic N) is 1. The molecular formula is C27H28BrClN2O2S. The minimum Gasteiger partial charge on any atom is -0.357 e. The van der Waals surface area contributed by atoms with Gasteiger partial charge >= 0.3 is 0 Å². The van der Waals surface area contributed by atoms with Crippen LogP contribution in [0.3, 0.4) is 0 Å². The lowest BCUT2D eigenvalue weighted by molar-refractivity contribution is -0.141. The summed E-state index contributed by atoms with van der Waals surface area (Å²) in [5, 5.41) is 3.46. The molecule has 7 heteroatoms. The van der Waals surface area contributed by atoms with Gasteiger partial charge in [0.1, 0.15) is 6.04 Å². The Labute approximate surface area is 219 Å². The fraction of sp³-hybridized carbons (Fsp3) is 0.259. The molecule has 3 rings (SSSR count). The van der Waals surface area contributed by atoms with Crippen LogP contribution in [-0.4, -0.2) is 35.6 Å². The average molecular weight is 560 g/mol. The zero-order valence-corrected chi connectivity index (χ0v) is 22.2. The predicted octanol–water partition coefficient (Wildman–Crippen LogP) is 6.36. The normalized spacial score (nSPS) is 11.6. The molecule has 0 spiro atoms. The van der Waals surface area contributed by atoms with Crippen molar-refractivity contribution in [2.45, 2.75) is 36.7 Å². The third-order valence-corrected chi connectivity index (χ3v) is 7.22. The number of halogens is 2. The van der Waals surface area contributed by atoms with Crippen LogP contribution in [0.2, 0.25) is 5.02 Å². The molecule has 0 heterocycles. The van der Waals surface area contributed by atoms with Crippen LogP contribution in [0.5, 0.6) is 0 Å². The van der Waals surface area contributed by atoms with Gasteiger partial charge in [-0.25, -0.2) is 0 Å². The third kappa shape index (κ3) is 8.19. The summed E-state index contributed by atoms with van der Waals surface area (Å²) in [4.78, 5) is 29.2. The van der Waals surface area contributed by atoms with Crippen LogP contribution in [0.25, 0.3) is 0 Å². The fourth-order valence-electron chi connectivity index (χ4n) is 3.64. The van der Waals surface area contributed by atoms with Crippen molar-refractivity contribution < 1.29 is 9.59 Å². The molecule has 0 aliphatic heterocycles. The molecule has 0 saturated carbocycles. The van der Waals surface area contributed by atoms with Crippen LogP contribution in [0.4, 0.5) is 0 Å². The highest BCUT2D eigenvalue weighted by Gasteiger charge is 2.29. The molecule has 3 aromatic carbocycles. The average Bonchev–Trinajstić information content (AvgIpc) is 2.85. The van der Waals surface area contributed by atoms with Gasteiger partial charge in [0.25, 0.3) is 0 Å². The zero-order chi connectivity index (χ0) is 24.3. The largest absolute Gasteiger partial charge is 0.357 e. The molecule has 3 aromatic rings. The van der Waals surface area contributed by atoms with Gasteiger partial charge in [0.15, 0.2) is 0 Å². The van der Waals surface area contributed by atoms with Crippen LogP contribution in [0, 0.1) is 0 Å². The predicted molar refractivity (Wildman–Crippen MR) is 144 cm³/mol. The molecule has 0 saturated heterocycles. The Kier molecular flexibility index (Phi) is 10.5. The standard InChI is InChI=1S/C27H28BrClN2O2S/c1-30-27(33)25(18-20-7-3-2-4-8-20)31(19-21-9-5-10-22(28)17-21)26(32)11-6-16-34-24-14-12-23(29)13-15-24/h2-5,7-10,12-15,17,25H,6,11,16,18-19H2,1H3,(H,30,33)/t25-/m0/s1. The maximum Gasteiger partial charge on any atom is 0.242 e. The van der Waals surface area contributed by atoms with E-state index in [2.05, 4.69) is 21.2 Å². The summed E-state index contributed by atoms with van der Waals surface area (Å²) in [5.41, 5.74) is 1.99. The molecule has 1 N–H and O–H groups in total. The van der Waals surface area contributed by atoms with E-state index >= 15 is 0 Å². The van der Waals surface area contributed by atoms with Gasteiger partial charge in [-0.3, -0.25) is 9.59 Å². The highest BCUT2D eigenvalue weighted by Crippen LogP contribution is 2.23. The summed E-state index contributed by atoms with van der Waals surface area (Å²) in [7, 11) is 1.62. The van der Waals surface area contributed by atoms with E-state index < -0.39 is 6.04 Å². The molecule has 34 heavy (non-hydrogen) atoms. The molecule has 0 fully saturated rings. The summed E-state index contributed by atoms with van der Waals surface area (Å²) in [6.45, 7) is 0.369. The Morgan fingerprint density at radius 3 is 2.38 bits per heavy atom. The third-order valence-electron chi connectivity index (χ3n) is 5.38. The maximum absolute atomic E-state index is 13.4. The first kappa shape index (κ1) is 26.3. The minimum atomic E-state index is -0.595. The van der Waals surface area contributed by atoms with Crippen LogP contribution in [-0.2, 0) is 22.6 Å². The molecule has 0 aliphatic rings. The Hall–Kier alpha value is -2.28. The van der Waals surface area contributed by atoms with Crippen molar-refractivity contribution in [1.82, 2.24) is 10.2 Å². The number of carbonyl (C=O) groups is 2. The smallest absolute Gasteiger partial charge is 0.242 e. The maximum atomic E-state index is 13.4. The first-order valence-electron chi connectivity index (χ1n) is 11.1. The van der Waals surface area contributed by atoms with Crippen molar-refractivity contribution >= 4 is 51.1 Å². The van der Waals surface area contributed by atoms with Crippen LogP contribution >= 0.6 is 39.3 Å². The number of rotatable bonds is 11. The highest BCUT2D eigenvalue weighted by molar-refractivity contribution is 9.10. The minimum absolute atomic E-state index is 0.0267. The Bertz CT molecular complexity index is 1080. The number of carbonyl (C=O) groups excluding carboxylic acids is 2. The topological polar surface area (TPSA) is 49.4 Å². The van der Waals surface area contributed by atoms with Crippen LogP contribution in [0.1, 0.15) is 24.0 Å². The van der Waals surface area contributed by atoms with E-state index in [9.17, 15) is 9.59 Å². The lowest BCUT2D eigenvalue weighted by atomic mass is 10.0. The van der Waals surface area contributed by atoms with E-state index in [0.29, 0.717) is 30.8 Å². The molecule has 1 atom stereocenters.